The molecule has 1 heterocycles. The molecule has 2 unspecified atom stereocenters. The monoisotopic (exact) mass is 238 g/mol. The van der Waals surface area contributed by atoms with Gasteiger partial charge < -0.3 is 5.32 Å². The average Bonchev–Trinajstić information content (AvgIpc) is 2.30. The van der Waals surface area contributed by atoms with Crippen molar-refractivity contribution in [2.24, 2.45) is 5.92 Å². The zero-order valence-corrected chi connectivity index (χ0v) is 9.87. The van der Waals surface area contributed by atoms with Crippen molar-refractivity contribution in [2.75, 3.05) is 12.3 Å². The third kappa shape index (κ3) is 2.54. The quantitative estimate of drug-likeness (QED) is 0.635. The molecule has 1 aromatic rings. The van der Waals surface area contributed by atoms with Gasteiger partial charge >= 0.3 is 0 Å². The van der Waals surface area contributed by atoms with Gasteiger partial charge in [-0.15, -0.1) is 11.8 Å². The van der Waals surface area contributed by atoms with Crippen molar-refractivity contribution in [1.29, 1.82) is 0 Å². The minimum Gasteiger partial charge on any atom is -0.301 e. The van der Waals surface area contributed by atoms with E-state index in [0.29, 0.717) is 5.92 Å². The van der Waals surface area contributed by atoms with E-state index in [1.165, 1.54) is 0 Å². The van der Waals surface area contributed by atoms with Crippen LogP contribution in [0.3, 0.4) is 0 Å². The lowest BCUT2D eigenvalue weighted by Crippen LogP contribution is -2.31. The van der Waals surface area contributed by atoms with Crippen LogP contribution in [0.2, 0.25) is 0 Å². The average molecular weight is 238 g/mol. The Morgan fingerprint density at radius 3 is 2.62 bits per heavy atom. The molecule has 1 aromatic carbocycles. The van der Waals surface area contributed by atoms with Crippen molar-refractivity contribution in [1.82, 2.24) is 5.32 Å². The van der Waals surface area contributed by atoms with Gasteiger partial charge in [-0.1, -0.05) is 6.92 Å². The Morgan fingerprint density at radius 1 is 1.44 bits per heavy atom. The molecule has 2 atom stereocenters. The molecule has 16 heavy (non-hydrogen) atoms. The van der Waals surface area contributed by atoms with E-state index in [1.54, 1.807) is 12.1 Å². The summed E-state index contributed by atoms with van der Waals surface area (Å²) >= 11 is 1.86. The van der Waals surface area contributed by atoms with Crippen LogP contribution in [0.25, 0.3) is 0 Å². The third-order valence-corrected chi connectivity index (χ3v) is 4.14. The summed E-state index contributed by atoms with van der Waals surface area (Å²) in [5, 5.41) is 14.2. The number of nitrogens with one attached hydrogen (secondary N) is 1. The molecule has 0 bridgehead atoms. The van der Waals surface area contributed by atoms with Crippen molar-refractivity contribution in [2.45, 2.75) is 12.3 Å². The molecule has 4 nitrogen and oxygen atoms in total. The summed E-state index contributed by atoms with van der Waals surface area (Å²) < 4.78 is 0. The zero-order chi connectivity index (χ0) is 11.5. The van der Waals surface area contributed by atoms with Gasteiger partial charge in [-0.05, 0) is 35.9 Å². The number of nitro benzene ring substituents is 1. The highest BCUT2D eigenvalue weighted by molar-refractivity contribution is 7.99. The first-order chi connectivity index (χ1) is 7.66. The summed E-state index contributed by atoms with van der Waals surface area (Å²) in [5.74, 6) is 1.83. The van der Waals surface area contributed by atoms with Gasteiger partial charge in [-0.2, -0.15) is 0 Å². The van der Waals surface area contributed by atoms with E-state index in [9.17, 15) is 10.1 Å². The standard InChI is InChI=1S/C11H14N2O2S/c1-8-6-12-11(16-7-8)9-2-4-10(5-3-9)13(14)15/h2-5,8,11-12H,6-7H2,1H3. The second-order valence-corrected chi connectivity index (χ2v) is 5.21. The first-order valence-corrected chi connectivity index (χ1v) is 6.31. The van der Waals surface area contributed by atoms with Crippen LogP contribution < -0.4 is 5.32 Å². The number of hydrogen-bond donors (Lipinski definition) is 1. The molecule has 86 valence electrons. The van der Waals surface area contributed by atoms with E-state index in [0.717, 1.165) is 17.9 Å². The highest BCUT2D eigenvalue weighted by Gasteiger charge is 2.19. The molecule has 0 radical (unpaired) electrons. The van der Waals surface area contributed by atoms with Crippen molar-refractivity contribution in [3.05, 3.63) is 39.9 Å². The number of nitro groups is 1. The van der Waals surface area contributed by atoms with Gasteiger partial charge in [0.1, 0.15) is 0 Å². The molecule has 5 heteroatoms. The predicted molar refractivity (Wildman–Crippen MR) is 65.5 cm³/mol. The van der Waals surface area contributed by atoms with Crippen LogP contribution >= 0.6 is 11.8 Å². The summed E-state index contributed by atoms with van der Waals surface area (Å²) in [5.41, 5.74) is 1.26. The molecule has 2 rings (SSSR count). The first-order valence-electron chi connectivity index (χ1n) is 5.26. The van der Waals surface area contributed by atoms with E-state index in [-0.39, 0.29) is 16.0 Å². The highest BCUT2D eigenvalue weighted by atomic mass is 32.2. The topological polar surface area (TPSA) is 55.2 Å². The fourth-order valence-electron chi connectivity index (χ4n) is 1.67. The number of thioether (sulfide) groups is 1. The molecule has 1 saturated heterocycles. The van der Waals surface area contributed by atoms with Gasteiger partial charge in [0.05, 0.1) is 10.3 Å². The Balaban J connectivity index is 2.07. The van der Waals surface area contributed by atoms with E-state index >= 15 is 0 Å². The van der Waals surface area contributed by atoms with Crippen LogP contribution in [0.15, 0.2) is 24.3 Å². The van der Waals surface area contributed by atoms with Crippen molar-refractivity contribution >= 4 is 17.4 Å². The van der Waals surface area contributed by atoms with Gasteiger partial charge in [0, 0.05) is 12.1 Å². The van der Waals surface area contributed by atoms with Crippen LogP contribution in [0, 0.1) is 16.0 Å². The normalized spacial score (nSPS) is 25.3. The molecule has 1 aliphatic heterocycles. The second kappa shape index (κ2) is 4.84. The molecule has 0 aromatic heterocycles. The third-order valence-electron chi connectivity index (χ3n) is 2.61. The maximum atomic E-state index is 10.5. The van der Waals surface area contributed by atoms with Crippen LogP contribution in [-0.4, -0.2) is 17.2 Å². The number of benzene rings is 1. The Bertz CT molecular complexity index is 372. The largest absolute Gasteiger partial charge is 0.301 e. The number of rotatable bonds is 2. The fraction of sp³-hybridized carbons (Fsp3) is 0.455. The van der Waals surface area contributed by atoms with Crippen LogP contribution in [-0.2, 0) is 0 Å². The Labute approximate surface area is 98.6 Å². The summed E-state index contributed by atoms with van der Waals surface area (Å²) in [4.78, 5) is 10.1. The molecule has 1 fully saturated rings. The van der Waals surface area contributed by atoms with E-state index in [4.69, 9.17) is 0 Å². The SMILES string of the molecule is CC1CNC(c2ccc([N+](=O)[O-])cc2)SC1. The van der Waals surface area contributed by atoms with Gasteiger partial charge in [0.25, 0.3) is 5.69 Å². The van der Waals surface area contributed by atoms with Gasteiger partial charge in [-0.25, -0.2) is 0 Å². The maximum absolute atomic E-state index is 10.5. The Kier molecular flexibility index (Phi) is 3.46. The fourth-order valence-corrected chi connectivity index (χ4v) is 2.87. The lowest BCUT2D eigenvalue weighted by molar-refractivity contribution is -0.384. The minimum absolute atomic E-state index is 0.151. The van der Waals surface area contributed by atoms with Crippen LogP contribution in [0.5, 0.6) is 0 Å². The van der Waals surface area contributed by atoms with E-state index < -0.39 is 0 Å². The summed E-state index contributed by atoms with van der Waals surface area (Å²) in [6, 6.07) is 6.79. The molecule has 0 amide bonds. The van der Waals surface area contributed by atoms with Crippen LogP contribution in [0.1, 0.15) is 17.9 Å². The zero-order valence-electron chi connectivity index (χ0n) is 9.05. The second-order valence-electron chi connectivity index (χ2n) is 4.08. The molecular weight excluding hydrogens is 224 g/mol. The summed E-state index contributed by atoms with van der Waals surface area (Å²) in [6.45, 7) is 3.22. The van der Waals surface area contributed by atoms with Crippen LogP contribution in [0.4, 0.5) is 5.69 Å². The predicted octanol–water partition coefficient (Wildman–Crippen LogP) is 2.57. The molecule has 1 N–H and O–H groups in total. The van der Waals surface area contributed by atoms with Crippen molar-refractivity contribution in [3.8, 4) is 0 Å². The summed E-state index contributed by atoms with van der Waals surface area (Å²) in [7, 11) is 0. The first kappa shape index (κ1) is 11.4. The molecule has 0 spiro atoms. The van der Waals surface area contributed by atoms with E-state index in [2.05, 4.69) is 12.2 Å². The smallest absolute Gasteiger partial charge is 0.269 e. The Hall–Kier alpha value is -1.07. The minimum atomic E-state index is -0.368. The molecule has 1 aliphatic rings. The number of nitrogens with zero attached hydrogens (tertiary/aromatic N) is 1. The van der Waals surface area contributed by atoms with E-state index in [1.807, 2.05) is 23.9 Å². The van der Waals surface area contributed by atoms with Gasteiger partial charge in [-0.3, -0.25) is 10.1 Å². The maximum Gasteiger partial charge on any atom is 0.269 e. The lowest BCUT2D eigenvalue weighted by Gasteiger charge is -2.27. The molecule has 0 aliphatic carbocycles. The van der Waals surface area contributed by atoms with Gasteiger partial charge in [0.15, 0.2) is 0 Å². The van der Waals surface area contributed by atoms with Gasteiger partial charge in [0.2, 0.25) is 0 Å². The highest BCUT2D eigenvalue weighted by Crippen LogP contribution is 2.31. The number of non-ortho nitro benzene ring substituents is 1. The number of hydrogen-bond acceptors (Lipinski definition) is 4. The van der Waals surface area contributed by atoms with Crippen molar-refractivity contribution < 1.29 is 4.92 Å². The lowest BCUT2D eigenvalue weighted by atomic mass is 10.1. The molecular formula is C11H14N2O2S. The molecule has 0 saturated carbocycles. The van der Waals surface area contributed by atoms with Crippen molar-refractivity contribution in [3.63, 3.8) is 0 Å². The Morgan fingerprint density at radius 2 is 2.12 bits per heavy atom. The summed E-state index contributed by atoms with van der Waals surface area (Å²) in [6.07, 6.45) is 0.